The maximum atomic E-state index is 15.6. The summed E-state index contributed by atoms with van der Waals surface area (Å²) >= 11 is 6.26. The van der Waals surface area contributed by atoms with Gasteiger partial charge in [0.05, 0.1) is 12.1 Å². The van der Waals surface area contributed by atoms with E-state index < -0.39 is 47.2 Å². The van der Waals surface area contributed by atoms with E-state index in [4.69, 9.17) is 21.5 Å². The predicted octanol–water partition coefficient (Wildman–Crippen LogP) is 6.51. The topological polar surface area (TPSA) is 116 Å². The van der Waals surface area contributed by atoms with Crippen LogP contribution in [0.5, 0.6) is 0 Å². The van der Waals surface area contributed by atoms with E-state index in [9.17, 15) is 32.3 Å². The normalized spacial score (nSPS) is 27.9. The molecule has 0 radical (unpaired) electrons. The number of anilines is 1. The number of halogens is 6. The molecule has 1 aliphatic carbocycles. The first kappa shape index (κ1) is 34.8. The number of aliphatic hydroxyl groups is 1. The van der Waals surface area contributed by atoms with Crippen LogP contribution in [-0.4, -0.2) is 52.2 Å². The largest absolute Gasteiger partial charge is 0.490 e. The maximum Gasteiger partial charge on any atom is 0.490 e. The number of Topliss-reactive ketones (excluding diaryl/α,β-unsaturated/α-hetero) is 1. The average molecular weight is 659 g/mol. The van der Waals surface area contributed by atoms with Gasteiger partial charge in [0.25, 0.3) is 0 Å². The number of ketones is 1. The molecule has 2 fully saturated rings. The molecular weight excluding hydrogens is 623 g/mol. The lowest BCUT2D eigenvalue weighted by atomic mass is 9.62. The summed E-state index contributed by atoms with van der Waals surface area (Å²) in [6, 6.07) is 7.69. The lowest BCUT2D eigenvalue weighted by Gasteiger charge is -2.37. The molecule has 0 unspecified atom stereocenters. The van der Waals surface area contributed by atoms with Gasteiger partial charge in [-0.3, -0.25) is 9.59 Å². The number of fused-ring (bicyclic) bond motifs is 2. The van der Waals surface area contributed by atoms with E-state index in [1.165, 1.54) is 12.1 Å². The minimum absolute atomic E-state index is 0.0178. The summed E-state index contributed by atoms with van der Waals surface area (Å²) < 4.78 is 61.9. The Kier molecular flexibility index (Phi) is 10.0. The number of hydrogen-bond donors (Lipinski definition) is 4. The molecule has 7 nitrogen and oxygen atoms in total. The molecular formula is C32H36ClF5N2O5. The van der Waals surface area contributed by atoms with Gasteiger partial charge >= 0.3 is 12.1 Å². The zero-order chi connectivity index (χ0) is 33.5. The molecule has 5 rings (SSSR count). The molecule has 0 aromatic heterocycles. The van der Waals surface area contributed by atoms with E-state index in [1.807, 2.05) is 0 Å². The summed E-state index contributed by atoms with van der Waals surface area (Å²) in [4.78, 5) is 37.0. The monoisotopic (exact) mass is 658 g/mol. The van der Waals surface area contributed by atoms with E-state index in [0.29, 0.717) is 35.5 Å². The number of alkyl halides is 3. The third kappa shape index (κ3) is 7.18. The fourth-order valence-electron chi connectivity index (χ4n) is 6.96. The van der Waals surface area contributed by atoms with E-state index >= 15 is 4.39 Å². The zero-order valence-corrected chi connectivity index (χ0v) is 25.7. The highest BCUT2D eigenvalue weighted by Gasteiger charge is 2.66. The predicted molar refractivity (Wildman–Crippen MR) is 157 cm³/mol. The fraction of sp³-hybridized carbons (Fsp3) is 0.531. The molecule has 1 amide bonds. The lowest BCUT2D eigenvalue weighted by Crippen LogP contribution is -2.49. The first-order valence-electron chi connectivity index (χ1n) is 14.7. The number of rotatable bonds is 5. The number of carboxylic acids is 1. The van der Waals surface area contributed by atoms with Crippen LogP contribution < -0.4 is 10.6 Å². The van der Waals surface area contributed by atoms with Gasteiger partial charge in [0.15, 0.2) is 17.4 Å². The van der Waals surface area contributed by atoms with Crippen molar-refractivity contribution in [2.75, 3.05) is 5.32 Å². The van der Waals surface area contributed by atoms with Gasteiger partial charge in [-0.1, -0.05) is 50.6 Å². The van der Waals surface area contributed by atoms with E-state index in [-0.39, 0.29) is 41.1 Å². The van der Waals surface area contributed by atoms with Crippen molar-refractivity contribution < 1.29 is 46.5 Å². The molecule has 1 spiro atoms. The summed E-state index contributed by atoms with van der Waals surface area (Å²) in [5.41, 5.74) is -0.393. The van der Waals surface area contributed by atoms with Gasteiger partial charge in [-0.05, 0) is 72.8 Å². The fourth-order valence-corrected chi connectivity index (χ4v) is 7.14. The van der Waals surface area contributed by atoms with Crippen molar-refractivity contribution in [3.05, 3.63) is 64.2 Å². The second-order valence-electron chi connectivity index (χ2n) is 13.2. The molecule has 2 aromatic carbocycles. The average Bonchev–Trinajstić information content (AvgIpc) is 3.40. The molecule has 1 saturated heterocycles. The Morgan fingerprint density at radius 3 is 2.24 bits per heavy atom. The second kappa shape index (κ2) is 13.0. The molecule has 2 aliphatic heterocycles. The summed E-state index contributed by atoms with van der Waals surface area (Å²) in [5, 5.41) is 23.9. The van der Waals surface area contributed by atoms with Crippen molar-refractivity contribution in [1.29, 1.82) is 0 Å². The standard InChI is InChI=1S/C30H35ClF2N2O3.C2HF3O2/c1-29(2,3)15-24-30(20-12-9-17(31)14-22(20)34-28(30)38)25(19-5-4-6-21(32)26(19)33)27(35-24)23(37)13-16-7-10-18(36)11-8-16;3-2(4,5)1(6)7/h4-6,9,12,14,16,18,24-25,27,35-36H,7-8,10-11,13,15H2,1-3H3,(H,34,38);(H,6,7)/t16?,18?,24-,25-,27-,30+;/m0./s1. The molecule has 3 aliphatic rings. The minimum Gasteiger partial charge on any atom is -0.475 e. The third-order valence-corrected chi connectivity index (χ3v) is 9.07. The molecule has 45 heavy (non-hydrogen) atoms. The van der Waals surface area contributed by atoms with Crippen LogP contribution >= 0.6 is 11.6 Å². The highest BCUT2D eigenvalue weighted by molar-refractivity contribution is 6.31. The number of aliphatic carboxylic acids is 1. The number of benzene rings is 2. The number of aliphatic hydroxyl groups excluding tert-OH is 1. The minimum atomic E-state index is -5.08. The first-order valence-corrected chi connectivity index (χ1v) is 15.1. The molecule has 246 valence electrons. The van der Waals surface area contributed by atoms with E-state index in [0.717, 1.165) is 18.9 Å². The number of carbonyl (C=O) groups is 3. The summed E-state index contributed by atoms with van der Waals surface area (Å²) in [5.74, 6) is -6.13. The van der Waals surface area contributed by atoms with Crippen molar-refractivity contribution in [2.45, 2.75) is 95.0 Å². The van der Waals surface area contributed by atoms with Crippen molar-refractivity contribution in [3.63, 3.8) is 0 Å². The van der Waals surface area contributed by atoms with Crippen molar-refractivity contribution >= 4 is 34.9 Å². The van der Waals surface area contributed by atoms with Gasteiger partial charge in [0.2, 0.25) is 5.91 Å². The van der Waals surface area contributed by atoms with Crippen LogP contribution in [0, 0.1) is 23.0 Å². The SMILES string of the molecule is CC(C)(C)C[C@@H]1N[C@@H](C(=O)CC2CCC(O)CC2)[C@H](c2cccc(F)c2F)[C@]12C(=O)Nc1cc(Cl)ccc12.O=C(O)C(F)(F)F. The van der Waals surface area contributed by atoms with Crippen LogP contribution in [0.25, 0.3) is 0 Å². The highest BCUT2D eigenvalue weighted by Crippen LogP contribution is 2.57. The Bertz CT molecular complexity index is 1450. The van der Waals surface area contributed by atoms with Crippen molar-refractivity contribution in [3.8, 4) is 0 Å². The van der Waals surface area contributed by atoms with Crippen molar-refractivity contribution in [1.82, 2.24) is 5.32 Å². The Morgan fingerprint density at radius 1 is 1.04 bits per heavy atom. The Morgan fingerprint density at radius 2 is 1.67 bits per heavy atom. The Balaban J connectivity index is 0.000000591. The quantitative estimate of drug-likeness (QED) is 0.272. The van der Waals surface area contributed by atoms with Crippen LogP contribution in [0.15, 0.2) is 36.4 Å². The molecule has 2 aromatic rings. The Labute approximate surface area is 262 Å². The molecule has 1 saturated carbocycles. The van der Waals surface area contributed by atoms with Gasteiger partial charge in [-0.15, -0.1) is 0 Å². The molecule has 4 N–H and O–H groups in total. The van der Waals surface area contributed by atoms with Gasteiger partial charge in [-0.25, -0.2) is 13.6 Å². The van der Waals surface area contributed by atoms with Gasteiger partial charge in [0.1, 0.15) is 5.41 Å². The van der Waals surface area contributed by atoms with Gasteiger partial charge < -0.3 is 20.8 Å². The number of carboxylic acid groups (broad SMARTS) is 1. The van der Waals surface area contributed by atoms with Crippen LogP contribution in [0.2, 0.25) is 5.02 Å². The summed E-state index contributed by atoms with van der Waals surface area (Å²) in [7, 11) is 0. The van der Waals surface area contributed by atoms with Crippen molar-refractivity contribution in [2.24, 2.45) is 11.3 Å². The zero-order valence-electron chi connectivity index (χ0n) is 25.0. The van der Waals surface area contributed by atoms with E-state index in [2.05, 4.69) is 31.4 Å². The number of carbonyl (C=O) groups excluding carboxylic acids is 2. The Hall–Kier alpha value is -3.09. The number of nitrogens with one attached hydrogen (secondary N) is 2. The van der Waals surface area contributed by atoms with Crippen LogP contribution in [0.4, 0.5) is 27.6 Å². The van der Waals surface area contributed by atoms with Crippen LogP contribution in [0.3, 0.4) is 0 Å². The van der Waals surface area contributed by atoms with Crippen LogP contribution in [0.1, 0.15) is 76.3 Å². The summed E-state index contributed by atoms with van der Waals surface area (Å²) in [6.07, 6.45) is -1.89. The number of hydrogen-bond acceptors (Lipinski definition) is 5. The molecule has 13 heteroatoms. The smallest absolute Gasteiger partial charge is 0.475 e. The summed E-state index contributed by atoms with van der Waals surface area (Å²) in [6.45, 7) is 6.16. The highest BCUT2D eigenvalue weighted by atomic mass is 35.5. The first-order chi connectivity index (χ1) is 20.9. The lowest BCUT2D eigenvalue weighted by molar-refractivity contribution is -0.192. The molecule has 2 heterocycles. The van der Waals surface area contributed by atoms with Crippen LogP contribution in [-0.2, 0) is 19.8 Å². The number of amides is 1. The maximum absolute atomic E-state index is 15.6. The molecule has 4 atom stereocenters. The van der Waals surface area contributed by atoms with Gasteiger partial charge in [0, 0.05) is 29.1 Å². The molecule has 0 bridgehead atoms. The van der Waals surface area contributed by atoms with E-state index in [1.54, 1.807) is 18.2 Å². The third-order valence-electron chi connectivity index (χ3n) is 8.83. The van der Waals surface area contributed by atoms with Gasteiger partial charge in [-0.2, -0.15) is 13.2 Å². The second-order valence-corrected chi connectivity index (χ2v) is 13.7.